The Labute approximate surface area is 73.7 Å². The highest BCUT2D eigenvalue weighted by Gasteiger charge is 2.10. The number of carboxylic acid groups (broad SMARTS) is 1. The summed E-state index contributed by atoms with van der Waals surface area (Å²) in [6, 6.07) is -1.53. The molecule has 2 amide bonds. The van der Waals surface area contributed by atoms with Crippen molar-refractivity contribution in [1.82, 2.24) is 5.32 Å². The van der Waals surface area contributed by atoms with E-state index in [4.69, 9.17) is 16.6 Å². The van der Waals surface area contributed by atoms with Gasteiger partial charge in [-0.2, -0.15) is 0 Å². The van der Waals surface area contributed by atoms with E-state index in [1.54, 1.807) is 0 Å². The zero-order chi connectivity index (χ0) is 9.56. The highest BCUT2D eigenvalue weighted by molar-refractivity contribution is 7.99. The number of amides is 2. The van der Waals surface area contributed by atoms with Crippen LogP contribution in [0.2, 0.25) is 0 Å². The fourth-order valence-corrected chi connectivity index (χ4v) is 1.14. The van der Waals surface area contributed by atoms with Crippen LogP contribution in [0.1, 0.15) is 0 Å². The standard InChI is InChI=1S/C5H11N3O3S/c6-3(4(9)10)1-12-2-8-5(7)11/h3H,1-2,6H2,(H,9,10)(H3,7,8,11). The van der Waals surface area contributed by atoms with Gasteiger partial charge in [-0.1, -0.05) is 0 Å². The first-order chi connectivity index (χ1) is 5.54. The van der Waals surface area contributed by atoms with E-state index in [-0.39, 0.29) is 11.6 Å². The van der Waals surface area contributed by atoms with E-state index in [1.165, 1.54) is 11.8 Å². The van der Waals surface area contributed by atoms with Crippen LogP contribution in [0.25, 0.3) is 0 Å². The number of urea groups is 1. The molecule has 0 heterocycles. The van der Waals surface area contributed by atoms with E-state index in [0.29, 0.717) is 0 Å². The molecule has 0 radical (unpaired) electrons. The second-order valence-corrected chi connectivity index (χ2v) is 3.03. The quantitative estimate of drug-likeness (QED) is 0.321. The van der Waals surface area contributed by atoms with Gasteiger partial charge in [0, 0.05) is 5.75 Å². The Bertz CT molecular complexity index is 175. The molecular weight excluding hydrogens is 182 g/mol. The van der Waals surface area contributed by atoms with Gasteiger partial charge in [-0.15, -0.1) is 11.8 Å². The molecule has 6 nitrogen and oxygen atoms in total. The maximum Gasteiger partial charge on any atom is 0.321 e. The number of hydrogen-bond donors (Lipinski definition) is 4. The molecule has 12 heavy (non-hydrogen) atoms. The minimum absolute atomic E-state index is 0.246. The van der Waals surface area contributed by atoms with Gasteiger partial charge in [0.05, 0.1) is 5.88 Å². The summed E-state index contributed by atoms with van der Waals surface area (Å²) in [5.41, 5.74) is 9.93. The predicted molar refractivity (Wildman–Crippen MR) is 45.7 cm³/mol. The molecule has 1 unspecified atom stereocenters. The van der Waals surface area contributed by atoms with Crippen LogP contribution in [0.4, 0.5) is 4.79 Å². The van der Waals surface area contributed by atoms with E-state index in [1.807, 2.05) is 0 Å². The van der Waals surface area contributed by atoms with Crippen LogP contribution >= 0.6 is 11.8 Å². The number of carboxylic acids is 1. The first-order valence-electron chi connectivity index (χ1n) is 3.13. The van der Waals surface area contributed by atoms with E-state index in [0.717, 1.165) is 0 Å². The SMILES string of the molecule is NC(=O)NCSCC(N)C(=O)O. The van der Waals surface area contributed by atoms with Crippen molar-refractivity contribution >= 4 is 23.8 Å². The average molecular weight is 193 g/mol. The zero-order valence-corrected chi connectivity index (χ0v) is 7.13. The zero-order valence-electron chi connectivity index (χ0n) is 6.32. The third kappa shape index (κ3) is 5.81. The Kier molecular flexibility index (Phi) is 5.22. The summed E-state index contributed by atoms with van der Waals surface area (Å²) in [5, 5.41) is 10.6. The number of thioether (sulfide) groups is 1. The normalized spacial score (nSPS) is 12.1. The molecule has 0 aromatic heterocycles. The number of aliphatic carboxylic acids is 1. The summed E-state index contributed by atoms with van der Waals surface area (Å²) < 4.78 is 0. The van der Waals surface area contributed by atoms with Gasteiger partial charge in [0.2, 0.25) is 0 Å². The number of hydrogen-bond acceptors (Lipinski definition) is 4. The molecule has 1 atom stereocenters. The molecule has 0 rings (SSSR count). The highest BCUT2D eigenvalue weighted by atomic mass is 32.2. The van der Waals surface area contributed by atoms with Crippen molar-refractivity contribution in [3.8, 4) is 0 Å². The third-order valence-electron chi connectivity index (χ3n) is 0.963. The monoisotopic (exact) mass is 193 g/mol. The number of carbonyl (C=O) groups excluding carboxylic acids is 1. The molecule has 0 aliphatic carbocycles. The molecular formula is C5H11N3O3S. The largest absolute Gasteiger partial charge is 0.480 e. The predicted octanol–water partition coefficient (Wildman–Crippen LogP) is -1.24. The summed E-state index contributed by atoms with van der Waals surface area (Å²) in [5.74, 6) is -0.534. The van der Waals surface area contributed by atoms with Gasteiger partial charge in [-0.3, -0.25) is 4.79 Å². The molecule has 0 bridgehead atoms. The van der Waals surface area contributed by atoms with Gasteiger partial charge in [-0.05, 0) is 0 Å². The van der Waals surface area contributed by atoms with Crippen molar-refractivity contribution < 1.29 is 14.7 Å². The first kappa shape index (κ1) is 11.1. The molecule has 0 fully saturated rings. The average Bonchev–Trinajstić information content (AvgIpc) is 1.97. The highest BCUT2D eigenvalue weighted by Crippen LogP contribution is 1.98. The Morgan fingerprint density at radius 1 is 1.58 bits per heavy atom. The van der Waals surface area contributed by atoms with Gasteiger partial charge >= 0.3 is 12.0 Å². The van der Waals surface area contributed by atoms with Gasteiger partial charge in [0.15, 0.2) is 0 Å². The van der Waals surface area contributed by atoms with Crippen LogP contribution in [0, 0.1) is 0 Å². The van der Waals surface area contributed by atoms with Crippen LogP contribution in [0.3, 0.4) is 0 Å². The molecule has 0 aliphatic rings. The fraction of sp³-hybridized carbons (Fsp3) is 0.600. The number of primary amides is 1. The lowest BCUT2D eigenvalue weighted by atomic mass is 10.4. The van der Waals surface area contributed by atoms with Gasteiger partial charge in [0.25, 0.3) is 0 Å². The molecule has 6 N–H and O–H groups in total. The van der Waals surface area contributed by atoms with Gasteiger partial charge in [-0.25, -0.2) is 4.79 Å². The van der Waals surface area contributed by atoms with Crippen LogP contribution in [-0.2, 0) is 4.79 Å². The second kappa shape index (κ2) is 5.67. The smallest absolute Gasteiger partial charge is 0.321 e. The lowest BCUT2D eigenvalue weighted by molar-refractivity contribution is -0.137. The summed E-state index contributed by atoms with van der Waals surface area (Å²) >= 11 is 1.20. The first-order valence-corrected chi connectivity index (χ1v) is 4.29. The van der Waals surface area contributed by atoms with Crippen LogP contribution < -0.4 is 16.8 Å². The van der Waals surface area contributed by atoms with Crippen LogP contribution in [0.5, 0.6) is 0 Å². The maximum absolute atomic E-state index is 10.2. The minimum Gasteiger partial charge on any atom is -0.480 e. The molecule has 70 valence electrons. The molecule has 0 saturated heterocycles. The van der Waals surface area contributed by atoms with Crippen molar-refractivity contribution in [2.45, 2.75) is 6.04 Å². The molecule has 0 aliphatic heterocycles. The van der Waals surface area contributed by atoms with Crippen molar-refractivity contribution in [2.75, 3.05) is 11.6 Å². The fourth-order valence-electron chi connectivity index (χ4n) is 0.379. The Hall–Kier alpha value is -0.950. The number of carbonyl (C=O) groups is 2. The van der Waals surface area contributed by atoms with Crippen molar-refractivity contribution in [2.24, 2.45) is 11.5 Å². The lowest BCUT2D eigenvalue weighted by Gasteiger charge is -2.05. The maximum atomic E-state index is 10.2. The van der Waals surface area contributed by atoms with E-state index in [9.17, 15) is 9.59 Å². The third-order valence-corrected chi connectivity index (χ3v) is 1.91. The second-order valence-electron chi connectivity index (χ2n) is 2.00. The number of rotatable bonds is 5. The Morgan fingerprint density at radius 2 is 2.17 bits per heavy atom. The molecule has 0 spiro atoms. The van der Waals surface area contributed by atoms with Crippen molar-refractivity contribution in [1.29, 1.82) is 0 Å². The minimum atomic E-state index is -1.05. The Morgan fingerprint density at radius 3 is 2.58 bits per heavy atom. The molecule has 7 heteroatoms. The van der Waals surface area contributed by atoms with Crippen molar-refractivity contribution in [3.63, 3.8) is 0 Å². The lowest BCUT2D eigenvalue weighted by Crippen LogP contribution is -2.34. The van der Waals surface area contributed by atoms with E-state index in [2.05, 4.69) is 5.32 Å². The van der Waals surface area contributed by atoms with E-state index < -0.39 is 18.0 Å². The number of nitrogens with two attached hydrogens (primary N) is 2. The van der Waals surface area contributed by atoms with Crippen molar-refractivity contribution in [3.05, 3.63) is 0 Å². The summed E-state index contributed by atoms with van der Waals surface area (Å²) in [7, 11) is 0. The van der Waals surface area contributed by atoms with Gasteiger partial charge in [0.1, 0.15) is 6.04 Å². The number of nitrogens with one attached hydrogen (secondary N) is 1. The summed E-state index contributed by atoms with van der Waals surface area (Å²) in [4.78, 5) is 20.3. The summed E-state index contributed by atoms with van der Waals surface area (Å²) in [6.07, 6.45) is 0. The topological polar surface area (TPSA) is 118 Å². The van der Waals surface area contributed by atoms with Gasteiger partial charge < -0.3 is 21.9 Å². The molecule has 0 saturated carbocycles. The van der Waals surface area contributed by atoms with E-state index >= 15 is 0 Å². The molecule has 0 aromatic rings. The molecule has 0 aromatic carbocycles. The van der Waals surface area contributed by atoms with Crippen LogP contribution in [-0.4, -0.2) is 34.8 Å². The van der Waals surface area contributed by atoms with Crippen LogP contribution in [0.15, 0.2) is 0 Å². The Balaban J connectivity index is 3.31. The summed E-state index contributed by atoms with van der Waals surface area (Å²) in [6.45, 7) is 0.